The molecule has 0 aliphatic rings. The summed E-state index contributed by atoms with van der Waals surface area (Å²) in [6.07, 6.45) is -3.01. The zero-order valence-electron chi connectivity index (χ0n) is 20.0. The van der Waals surface area contributed by atoms with Crippen LogP contribution < -0.4 is 29.6 Å². The first-order valence-electron chi connectivity index (χ1n) is 10.3. The molecule has 13 heteroatoms. The fourth-order valence-electron chi connectivity index (χ4n) is 3.56. The predicted octanol–water partition coefficient (Wildman–Crippen LogP) is 3.86. The fraction of sp³-hybridized carbons (Fsp3) is 0.0833. The van der Waals surface area contributed by atoms with E-state index in [1.165, 1.54) is 23.0 Å². The number of benzene rings is 2. The Bertz CT molecular complexity index is 1570. The van der Waals surface area contributed by atoms with Gasteiger partial charge >= 0.3 is 41.7 Å². The van der Waals surface area contributed by atoms with Gasteiger partial charge in [-0.25, -0.2) is 4.79 Å². The summed E-state index contributed by atoms with van der Waals surface area (Å²) < 4.78 is 47.9. The standard InChI is InChI=1S/C24H14ClF3N4O3S.Na.H/c25-17-10-13(12-32-9-8-18(30-32)23(33)34)6-7-15(17)21-29-22(35-31-21)19-11-16(14-4-2-1-3-5-14)20(36-19)24(26,27)28;;/h1-11H,12H2,(H,33,34);;/q;+1;-1. The second-order valence-corrected chi connectivity index (χ2v) is 9.12. The number of nitrogens with zero attached hydrogens (tertiary/aromatic N) is 4. The summed E-state index contributed by atoms with van der Waals surface area (Å²) in [6, 6.07) is 16.1. The van der Waals surface area contributed by atoms with Crippen molar-refractivity contribution in [2.45, 2.75) is 12.7 Å². The largest absolute Gasteiger partial charge is 1.00 e. The number of alkyl halides is 3. The summed E-state index contributed by atoms with van der Waals surface area (Å²) in [4.78, 5) is 14.7. The number of aromatic nitrogens is 4. The van der Waals surface area contributed by atoms with Crippen molar-refractivity contribution >= 4 is 28.9 Å². The van der Waals surface area contributed by atoms with E-state index in [0.717, 1.165) is 5.56 Å². The summed E-state index contributed by atoms with van der Waals surface area (Å²) in [6.45, 7) is 0.280. The van der Waals surface area contributed by atoms with Crippen molar-refractivity contribution < 1.29 is 58.6 Å². The number of hydrogen-bond acceptors (Lipinski definition) is 6. The molecule has 2 aromatic carbocycles. The third kappa shape index (κ3) is 5.81. The van der Waals surface area contributed by atoms with E-state index in [9.17, 15) is 18.0 Å². The van der Waals surface area contributed by atoms with Gasteiger partial charge in [0.2, 0.25) is 5.82 Å². The first-order valence-corrected chi connectivity index (χ1v) is 11.5. The van der Waals surface area contributed by atoms with E-state index < -0.39 is 17.0 Å². The second kappa shape index (κ2) is 10.8. The summed E-state index contributed by atoms with van der Waals surface area (Å²) in [5.41, 5.74) is 1.56. The van der Waals surface area contributed by atoms with Crippen LogP contribution in [-0.4, -0.2) is 31.0 Å². The van der Waals surface area contributed by atoms with Gasteiger partial charge in [-0.1, -0.05) is 53.2 Å². The van der Waals surface area contributed by atoms with Gasteiger partial charge in [-0.2, -0.15) is 23.3 Å². The molecule has 1 N–H and O–H groups in total. The molecule has 0 saturated heterocycles. The maximum Gasteiger partial charge on any atom is 1.00 e. The summed E-state index contributed by atoms with van der Waals surface area (Å²) in [5, 5.41) is 17.1. The smallest absolute Gasteiger partial charge is 1.00 e. The molecule has 7 nitrogen and oxygen atoms in total. The molecule has 3 heterocycles. The Kier molecular flexibility index (Phi) is 7.91. The van der Waals surface area contributed by atoms with Crippen LogP contribution in [0.4, 0.5) is 13.2 Å². The molecular weight excluding hydrogens is 540 g/mol. The third-order valence-corrected chi connectivity index (χ3v) is 6.67. The summed E-state index contributed by atoms with van der Waals surface area (Å²) in [7, 11) is 0. The van der Waals surface area contributed by atoms with E-state index in [4.69, 9.17) is 21.2 Å². The molecule has 0 radical (unpaired) electrons. The zero-order chi connectivity index (χ0) is 25.4. The Morgan fingerprint density at radius 3 is 2.51 bits per heavy atom. The number of halogens is 4. The first-order chi connectivity index (χ1) is 17.2. The Hall–Kier alpha value is -2.96. The summed E-state index contributed by atoms with van der Waals surface area (Å²) in [5.74, 6) is -1.06. The van der Waals surface area contributed by atoms with Crippen LogP contribution in [0.3, 0.4) is 0 Å². The van der Waals surface area contributed by atoms with Gasteiger partial charge in [-0.15, -0.1) is 11.3 Å². The van der Waals surface area contributed by atoms with Crippen molar-refractivity contribution in [3.63, 3.8) is 0 Å². The van der Waals surface area contributed by atoms with E-state index in [-0.39, 0.29) is 70.4 Å². The number of thiophene rings is 1. The average molecular weight is 555 g/mol. The van der Waals surface area contributed by atoms with Gasteiger partial charge in [0.15, 0.2) is 5.69 Å². The number of carbonyl (C=O) groups is 1. The van der Waals surface area contributed by atoms with Gasteiger partial charge in [-0.3, -0.25) is 4.68 Å². The number of aromatic carboxylic acids is 1. The van der Waals surface area contributed by atoms with Crippen LogP contribution in [0.1, 0.15) is 22.4 Å². The maximum atomic E-state index is 13.7. The van der Waals surface area contributed by atoms with Gasteiger partial charge in [0.05, 0.1) is 16.4 Å². The SMILES string of the molecule is O=C(O)c1ccn(Cc2ccc(-c3noc(-c4cc(-c5ccccc5)c(C(F)(F)F)s4)n3)c(Cl)c2)n1.[H-].[Na+]. The van der Waals surface area contributed by atoms with Crippen molar-refractivity contribution in [3.05, 3.63) is 88.0 Å². The molecule has 0 amide bonds. The third-order valence-electron chi connectivity index (χ3n) is 5.19. The topological polar surface area (TPSA) is 94.0 Å². The first kappa shape index (κ1) is 27.1. The molecule has 5 rings (SSSR count). The van der Waals surface area contributed by atoms with E-state index >= 15 is 0 Å². The van der Waals surface area contributed by atoms with Gasteiger partial charge in [0, 0.05) is 17.3 Å². The Morgan fingerprint density at radius 1 is 1.11 bits per heavy atom. The molecule has 0 fully saturated rings. The van der Waals surface area contributed by atoms with Crippen molar-refractivity contribution in [2.24, 2.45) is 0 Å². The minimum atomic E-state index is -4.55. The summed E-state index contributed by atoms with van der Waals surface area (Å²) >= 11 is 6.95. The van der Waals surface area contributed by atoms with E-state index in [0.29, 0.717) is 22.5 Å². The van der Waals surface area contributed by atoms with Crippen LogP contribution >= 0.6 is 22.9 Å². The minimum Gasteiger partial charge on any atom is -1.00 e. The maximum absolute atomic E-state index is 13.7. The van der Waals surface area contributed by atoms with Crippen molar-refractivity contribution in [1.82, 2.24) is 19.9 Å². The Morgan fingerprint density at radius 2 is 1.86 bits per heavy atom. The van der Waals surface area contributed by atoms with Crippen molar-refractivity contribution in [2.75, 3.05) is 0 Å². The number of carboxylic acids is 1. The number of carboxylic acid groups (broad SMARTS) is 1. The van der Waals surface area contributed by atoms with E-state index in [1.807, 2.05) is 0 Å². The van der Waals surface area contributed by atoms with E-state index in [1.54, 1.807) is 48.5 Å². The normalized spacial score (nSPS) is 11.4. The predicted molar refractivity (Wildman–Crippen MR) is 128 cm³/mol. The molecule has 0 unspecified atom stereocenters. The molecule has 3 aromatic heterocycles. The average Bonchev–Trinajstić information content (AvgIpc) is 3.59. The van der Waals surface area contributed by atoms with Gasteiger partial charge in [0.25, 0.3) is 5.89 Å². The zero-order valence-corrected chi connectivity index (χ0v) is 22.6. The number of hydrogen-bond donors (Lipinski definition) is 1. The Labute approximate surface area is 240 Å². The monoisotopic (exact) mass is 554 g/mol. The van der Waals surface area contributed by atoms with Crippen molar-refractivity contribution in [3.8, 4) is 33.3 Å². The molecule has 0 bridgehead atoms. The second-order valence-electron chi connectivity index (χ2n) is 7.66. The van der Waals surface area contributed by atoms with E-state index in [2.05, 4.69) is 15.2 Å². The molecular formula is C24H15ClF3N4NaO3S. The van der Waals surface area contributed by atoms with Crippen LogP contribution in [0, 0.1) is 0 Å². The van der Waals surface area contributed by atoms with Crippen LogP contribution in [0.25, 0.3) is 33.3 Å². The molecule has 37 heavy (non-hydrogen) atoms. The number of rotatable bonds is 6. The molecule has 0 spiro atoms. The molecule has 0 saturated carbocycles. The minimum absolute atomic E-state index is 0. The van der Waals surface area contributed by atoms with Crippen LogP contribution in [0.15, 0.2) is 71.4 Å². The van der Waals surface area contributed by atoms with Crippen LogP contribution in [-0.2, 0) is 12.7 Å². The molecule has 184 valence electrons. The van der Waals surface area contributed by atoms with Gasteiger partial charge in [0.1, 0.15) is 4.88 Å². The quantitative estimate of drug-likeness (QED) is 0.320. The van der Waals surface area contributed by atoms with Gasteiger partial charge < -0.3 is 11.1 Å². The van der Waals surface area contributed by atoms with Crippen LogP contribution in [0.5, 0.6) is 0 Å². The van der Waals surface area contributed by atoms with Crippen molar-refractivity contribution in [1.29, 1.82) is 0 Å². The fourth-order valence-corrected chi connectivity index (χ4v) is 4.82. The van der Waals surface area contributed by atoms with Gasteiger partial charge in [-0.05, 0) is 35.4 Å². The molecule has 0 aliphatic carbocycles. The molecule has 0 aliphatic heterocycles. The van der Waals surface area contributed by atoms with Crippen LogP contribution in [0.2, 0.25) is 5.02 Å². The molecule has 0 atom stereocenters. The Balaban J connectivity index is 0.00000200. The molecule has 5 aromatic rings.